The van der Waals surface area contributed by atoms with Crippen LogP contribution in [0, 0.1) is 16.0 Å². The van der Waals surface area contributed by atoms with Crippen molar-refractivity contribution in [3.8, 4) is 0 Å². The highest BCUT2D eigenvalue weighted by Crippen LogP contribution is 2.37. The number of fused-ring (bicyclic) bond motifs is 1. The molecule has 8 heteroatoms. The van der Waals surface area contributed by atoms with E-state index in [2.05, 4.69) is 41.2 Å². The zero-order chi connectivity index (χ0) is 18.9. The number of H-pyrrole nitrogens is 1. The highest BCUT2D eigenvalue weighted by atomic mass is 16.6. The van der Waals surface area contributed by atoms with Gasteiger partial charge in [0.15, 0.2) is 0 Å². The lowest BCUT2D eigenvalue weighted by Crippen LogP contribution is -2.52. The van der Waals surface area contributed by atoms with Crippen molar-refractivity contribution in [2.75, 3.05) is 26.0 Å². The number of anilines is 1. The fraction of sp³-hybridized carbons (Fsp3) is 0.556. The molecule has 2 atom stereocenters. The Morgan fingerprint density at radius 3 is 2.88 bits per heavy atom. The van der Waals surface area contributed by atoms with E-state index in [-0.39, 0.29) is 22.2 Å². The Hall–Kier alpha value is -2.48. The number of nitro benzene ring substituents is 1. The second-order valence-electron chi connectivity index (χ2n) is 7.55. The van der Waals surface area contributed by atoms with Gasteiger partial charge < -0.3 is 15.2 Å². The van der Waals surface area contributed by atoms with E-state index in [1.54, 1.807) is 6.07 Å². The average Bonchev–Trinajstić information content (AvgIpc) is 2.59. The average molecular weight is 359 g/mol. The van der Waals surface area contributed by atoms with E-state index in [1.165, 1.54) is 18.8 Å². The van der Waals surface area contributed by atoms with Crippen LogP contribution in [0.25, 0.3) is 10.9 Å². The molecule has 1 aromatic carbocycles. The molecule has 0 saturated heterocycles. The number of rotatable bonds is 5. The van der Waals surface area contributed by atoms with Gasteiger partial charge in [-0.15, -0.1) is 0 Å². The zero-order valence-electron chi connectivity index (χ0n) is 15.4. The van der Waals surface area contributed by atoms with Gasteiger partial charge in [-0.2, -0.15) is 0 Å². The van der Waals surface area contributed by atoms with Crippen molar-refractivity contribution >= 4 is 22.3 Å². The number of nitro groups is 1. The van der Waals surface area contributed by atoms with Gasteiger partial charge in [0.25, 0.3) is 11.2 Å². The SMILES string of the molecule is CC1CCCC(CNc2cc3nc[nH]c(=O)c3cc2[N+](=O)[O-])(N(C)C)C1. The lowest BCUT2D eigenvalue weighted by Gasteiger charge is -2.45. The molecule has 1 aromatic heterocycles. The van der Waals surface area contributed by atoms with Crippen molar-refractivity contribution in [1.29, 1.82) is 0 Å². The normalized spacial score (nSPS) is 23.3. The molecule has 0 aliphatic heterocycles. The molecule has 1 heterocycles. The zero-order valence-corrected chi connectivity index (χ0v) is 15.4. The Kier molecular flexibility index (Phi) is 4.95. The molecular formula is C18H25N5O3. The number of hydrogen-bond acceptors (Lipinski definition) is 6. The molecule has 0 amide bonds. The van der Waals surface area contributed by atoms with Gasteiger partial charge in [0, 0.05) is 18.2 Å². The van der Waals surface area contributed by atoms with Crippen molar-refractivity contribution in [3.05, 3.63) is 38.9 Å². The maximum absolute atomic E-state index is 11.9. The lowest BCUT2D eigenvalue weighted by molar-refractivity contribution is -0.383. The van der Waals surface area contributed by atoms with Crippen molar-refractivity contribution in [1.82, 2.24) is 14.9 Å². The van der Waals surface area contributed by atoms with Gasteiger partial charge in [0.05, 0.1) is 22.2 Å². The van der Waals surface area contributed by atoms with Gasteiger partial charge in [-0.05, 0) is 38.9 Å². The monoisotopic (exact) mass is 359 g/mol. The van der Waals surface area contributed by atoms with E-state index >= 15 is 0 Å². The quantitative estimate of drug-likeness (QED) is 0.628. The first-order valence-corrected chi connectivity index (χ1v) is 8.89. The van der Waals surface area contributed by atoms with E-state index in [0.29, 0.717) is 23.7 Å². The molecule has 1 aliphatic rings. The van der Waals surface area contributed by atoms with Crippen LogP contribution < -0.4 is 10.9 Å². The van der Waals surface area contributed by atoms with Crippen LogP contribution >= 0.6 is 0 Å². The molecule has 2 aromatic rings. The van der Waals surface area contributed by atoms with E-state index in [4.69, 9.17) is 0 Å². The molecule has 2 N–H and O–H groups in total. The lowest BCUT2D eigenvalue weighted by atomic mass is 9.75. The van der Waals surface area contributed by atoms with Crippen LogP contribution in [-0.2, 0) is 0 Å². The van der Waals surface area contributed by atoms with Crippen molar-refractivity contribution < 1.29 is 4.92 Å². The number of benzene rings is 1. The van der Waals surface area contributed by atoms with Gasteiger partial charge in [-0.3, -0.25) is 14.9 Å². The van der Waals surface area contributed by atoms with Crippen LogP contribution in [0.3, 0.4) is 0 Å². The number of aromatic nitrogens is 2. The largest absolute Gasteiger partial charge is 0.378 e. The first kappa shape index (κ1) is 18.3. The van der Waals surface area contributed by atoms with Gasteiger partial charge in [-0.1, -0.05) is 19.8 Å². The Morgan fingerprint density at radius 2 is 2.23 bits per heavy atom. The fourth-order valence-corrected chi connectivity index (χ4v) is 4.01. The Bertz CT molecular complexity index is 879. The van der Waals surface area contributed by atoms with Crippen LogP contribution in [0.2, 0.25) is 0 Å². The van der Waals surface area contributed by atoms with Gasteiger partial charge in [0.2, 0.25) is 0 Å². The molecule has 26 heavy (non-hydrogen) atoms. The molecule has 8 nitrogen and oxygen atoms in total. The number of hydrogen-bond donors (Lipinski definition) is 2. The molecule has 140 valence electrons. The molecule has 0 radical (unpaired) electrons. The summed E-state index contributed by atoms with van der Waals surface area (Å²) in [6, 6.07) is 2.90. The fourth-order valence-electron chi connectivity index (χ4n) is 4.01. The molecule has 1 aliphatic carbocycles. The second-order valence-corrected chi connectivity index (χ2v) is 7.55. The molecule has 3 rings (SSSR count). The van der Waals surface area contributed by atoms with E-state index in [0.717, 1.165) is 19.3 Å². The highest BCUT2D eigenvalue weighted by molar-refractivity contribution is 5.86. The first-order valence-electron chi connectivity index (χ1n) is 8.89. The molecule has 1 saturated carbocycles. The first-order chi connectivity index (χ1) is 12.3. The highest BCUT2D eigenvalue weighted by Gasteiger charge is 2.37. The van der Waals surface area contributed by atoms with Gasteiger partial charge >= 0.3 is 0 Å². The third kappa shape index (κ3) is 3.41. The predicted octanol–water partition coefficient (Wildman–Crippen LogP) is 2.75. The summed E-state index contributed by atoms with van der Waals surface area (Å²) in [7, 11) is 4.13. The van der Waals surface area contributed by atoms with Crippen molar-refractivity contribution in [2.24, 2.45) is 5.92 Å². The van der Waals surface area contributed by atoms with Crippen molar-refractivity contribution in [3.63, 3.8) is 0 Å². The third-order valence-corrected chi connectivity index (χ3v) is 5.58. The van der Waals surface area contributed by atoms with E-state index in [9.17, 15) is 14.9 Å². The van der Waals surface area contributed by atoms with Crippen LogP contribution in [0.15, 0.2) is 23.3 Å². The molecule has 1 fully saturated rings. The van der Waals surface area contributed by atoms with Gasteiger partial charge in [-0.25, -0.2) is 4.98 Å². The Morgan fingerprint density at radius 1 is 1.46 bits per heavy atom. The molecular weight excluding hydrogens is 334 g/mol. The Balaban J connectivity index is 1.95. The number of likely N-dealkylation sites (N-methyl/N-ethyl adjacent to an activating group) is 1. The minimum absolute atomic E-state index is 0.0396. The minimum Gasteiger partial charge on any atom is -0.378 e. The van der Waals surface area contributed by atoms with Crippen LogP contribution in [0.5, 0.6) is 0 Å². The molecule has 0 spiro atoms. The molecule has 0 bridgehead atoms. The topological polar surface area (TPSA) is 104 Å². The number of aromatic amines is 1. The summed E-state index contributed by atoms with van der Waals surface area (Å²) in [5.74, 6) is 0.625. The summed E-state index contributed by atoms with van der Waals surface area (Å²) in [6.07, 6.45) is 5.78. The summed E-state index contributed by atoms with van der Waals surface area (Å²) >= 11 is 0. The summed E-state index contributed by atoms with van der Waals surface area (Å²) in [6.45, 7) is 2.87. The standard InChI is InChI=1S/C18H25N5O3/c1-12-5-4-6-18(9-12,22(2)3)10-19-15-8-14-13(7-16(15)23(25)26)17(24)21-11-20-14/h7-8,11-12,19H,4-6,9-10H2,1-3H3,(H,20,21,24). The van der Waals surface area contributed by atoms with Crippen molar-refractivity contribution in [2.45, 2.75) is 38.1 Å². The summed E-state index contributed by atoms with van der Waals surface area (Å²) in [5.41, 5.74) is 0.323. The Labute approximate surface area is 151 Å². The third-order valence-electron chi connectivity index (χ3n) is 5.58. The second kappa shape index (κ2) is 7.03. The summed E-state index contributed by atoms with van der Waals surface area (Å²) < 4.78 is 0. The van der Waals surface area contributed by atoms with Crippen LogP contribution in [-0.4, -0.2) is 46.0 Å². The predicted molar refractivity (Wildman–Crippen MR) is 102 cm³/mol. The van der Waals surface area contributed by atoms with E-state index in [1.807, 2.05) is 0 Å². The molecule has 2 unspecified atom stereocenters. The summed E-state index contributed by atoms with van der Waals surface area (Å²) in [4.78, 5) is 31.8. The van der Waals surface area contributed by atoms with Crippen LogP contribution in [0.4, 0.5) is 11.4 Å². The number of nitrogens with one attached hydrogen (secondary N) is 2. The minimum atomic E-state index is -0.458. The number of nitrogens with zero attached hydrogens (tertiary/aromatic N) is 3. The van der Waals surface area contributed by atoms with Gasteiger partial charge in [0.1, 0.15) is 5.69 Å². The maximum Gasteiger partial charge on any atom is 0.293 e. The summed E-state index contributed by atoms with van der Waals surface area (Å²) in [5, 5.41) is 15.0. The smallest absolute Gasteiger partial charge is 0.293 e. The van der Waals surface area contributed by atoms with Crippen LogP contribution in [0.1, 0.15) is 32.6 Å². The van der Waals surface area contributed by atoms with E-state index < -0.39 is 4.92 Å². The maximum atomic E-state index is 11.9.